The molecule has 0 amide bonds. The van der Waals surface area contributed by atoms with Crippen molar-refractivity contribution >= 4 is 11.9 Å². The highest BCUT2D eigenvalue weighted by Crippen LogP contribution is 2.14. The van der Waals surface area contributed by atoms with Crippen molar-refractivity contribution in [2.45, 2.75) is 258 Å². The number of carbonyl (C=O) groups excluding carboxylic acids is 2. The normalized spacial score (nSPS) is 12.5. The lowest BCUT2D eigenvalue weighted by Gasteiger charge is -2.18. The van der Waals surface area contributed by atoms with Gasteiger partial charge in [-0.1, -0.05) is 204 Å². The number of rotatable bonds is 46. The van der Waals surface area contributed by atoms with Crippen molar-refractivity contribution in [2.24, 2.45) is 0 Å². The van der Waals surface area contributed by atoms with Gasteiger partial charge in [0.1, 0.15) is 6.61 Å². The Hall–Kier alpha value is -2.14. The van der Waals surface area contributed by atoms with Crippen LogP contribution in [0.4, 0.5) is 0 Å². The zero-order valence-electron chi connectivity index (χ0n) is 38.8. The van der Waals surface area contributed by atoms with Gasteiger partial charge >= 0.3 is 11.9 Å². The van der Waals surface area contributed by atoms with Crippen LogP contribution in [0.15, 0.2) is 48.6 Å². The first-order valence-electron chi connectivity index (χ1n) is 25.2. The van der Waals surface area contributed by atoms with Gasteiger partial charge in [0.25, 0.3) is 0 Å². The van der Waals surface area contributed by atoms with E-state index in [0.717, 1.165) is 70.6 Å². The number of unbranched alkanes of at least 4 members (excludes halogenated alkanes) is 27. The molecule has 5 heteroatoms. The standard InChI is InChI=1S/C53H96O5/c1-4-7-10-13-16-19-22-24-26-27-29-30-32-34-37-40-43-46-52(54)57-50-51(49-56-48-45-42-39-36-21-18-15-12-9-6-3)58-53(55)47-44-41-38-35-33-31-28-25-23-20-17-14-11-8-5-2/h16-17,19-20,24-26,28,51H,4-15,18,21-23,27,29-50H2,1-3H3/b19-16-,20-17-,26-24-,28-25-. The molecule has 58 heavy (non-hydrogen) atoms. The fourth-order valence-corrected chi connectivity index (χ4v) is 7.04. The van der Waals surface area contributed by atoms with E-state index < -0.39 is 6.10 Å². The van der Waals surface area contributed by atoms with E-state index in [4.69, 9.17) is 14.2 Å². The van der Waals surface area contributed by atoms with Crippen LogP contribution in [-0.2, 0) is 23.8 Å². The molecule has 1 unspecified atom stereocenters. The van der Waals surface area contributed by atoms with Gasteiger partial charge in [0.15, 0.2) is 6.10 Å². The quantitative estimate of drug-likeness (QED) is 0.0348. The van der Waals surface area contributed by atoms with Crippen LogP contribution in [-0.4, -0.2) is 37.9 Å². The minimum absolute atomic E-state index is 0.0778. The first-order valence-corrected chi connectivity index (χ1v) is 25.2. The Morgan fingerprint density at radius 2 is 0.724 bits per heavy atom. The van der Waals surface area contributed by atoms with Crippen LogP contribution in [0.1, 0.15) is 252 Å². The molecule has 0 N–H and O–H groups in total. The van der Waals surface area contributed by atoms with E-state index in [1.165, 1.54) is 148 Å². The topological polar surface area (TPSA) is 61.8 Å². The van der Waals surface area contributed by atoms with Crippen LogP contribution >= 0.6 is 0 Å². The van der Waals surface area contributed by atoms with Crippen molar-refractivity contribution in [2.75, 3.05) is 19.8 Å². The number of hydrogen-bond donors (Lipinski definition) is 0. The van der Waals surface area contributed by atoms with E-state index >= 15 is 0 Å². The van der Waals surface area contributed by atoms with Crippen LogP contribution in [0, 0.1) is 0 Å². The summed E-state index contributed by atoms with van der Waals surface area (Å²) in [6.45, 7) is 7.77. The molecule has 0 aromatic rings. The molecule has 0 rings (SSSR count). The van der Waals surface area contributed by atoms with E-state index in [1.807, 2.05) is 0 Å². The maximum absolute atomic E-state index is 12.8. The van der Waals surface area contributed by atoms with Crippen molar-refractivity contribution in [3.63, 3.8) is 0 Å². The van der Waals surface area contributed by atoms with Gasteiger partial charge in [0.05, 0.1) is 6.61 Å². The van der Waals surface area contributed by atoms with Crippen molar-refractivity contribution < 1.29 is 23.8 Å². The van der Waals surface area contributed by atoms with Gasteiger partial charge in [-0.25, -0.2) is 0 Å². The Morgan fingerprint density at radius 1 is 0.379 bits per heavy atom. The summed E-state index contributed by atoms with van der Waals surface area (Å²) in [6, 6.07) is 0. The highest BCUT2D eigenvalue weighted by atomic mass is 16.6. The second kappa shape index (κ2) is 49.2. The molecule has 0 saturated heterocycles. The number of ether oxygens (including phenoxy) is 3. The summed E-state index contributed by atoms with van der Waals surface area (Å²) in [5.41, 5.74) is 0. The molecule has 0 fully saturated rings. The lowest BCUT2D eigenvalue weighted by atomic mass is 10.1. The van der Waals surface area contributed by atoms with Crippen molar-refractivity contribution in [1.82, 2.24) is 0 Å². The van der Waals surface area contributed by atoms with E-state index in [0.29, 0.717) is 19.4 Å². The SMILES string of the molecule is CCCCC/C=C\C/C=C\CCCCCCCCCC(=O)OCC(COCCCCCCCCCCCC)OC(=O)CCCCCCC/C=C\C/C=C\CCCCC. The van der Waals surface area contributed by atoms with Gasteiger partial charge in [-0.3, -0.25) is 9.59 Å². The zero-order valence-corrected chi connectivity index (χ0v) is 38.8. The summed E-state index contributed by atoms with van der Waals surface area (Å²) < 4.78 is 17.3. The van der Waals surface area contributed by atoms with Crippen molar-refractivity contribution in [3.8, 4) is 0 Å². The Balaban J connectivity index is 4.24. The lowest BCUT2D eigenvalue weighted by molar-refractivity contribution is -0.163. The maximum atomic E-state index is 12.8. The summed E-state index contributed by atoms with van der Waals surface area (Å²) in [5.74, 6) is -0.414. The Bertz CT molecular complexity index is 966. The third-order valence-electron chi connectivity index (χ3n) is 10.8. The van der Waals surface area contributed by atoms with Crippen LogP contribution < -0.4 is 0 Å². The third kappa shape index (κ3) is 46.5. The molecule has 338 valence electrons. The molecular weight excluding hydrogens is 717 g/mol. The van der Waals surface area contributed by atoms with Crippen molar-refractivity contribution in [3.05, 3.63) is 48.6 Å². The average molecular weight is 813 g/mol. The summed E-state index contributed by atoms with van der Waals surface area (Å²) >= 11 is 0. The fourth-order valence-electron chi connectivity index (χ4n) is 7.04. The number of esters is 2. The van der Waals surface area contributed by atoms with E-state index in [2.05, 4.69) is 69.4 Å². The zero-order chi connectivity index (χ0) is 42.1. The fraction of sp³-hybridized carbons (Fsp3) is 0.811. The summed E-state index contributed by atoms with van der Waals surface area (Å²) in [7, 11) is 0. The molecule has 0 aliphatic carbocycles. The Morgan fingerprint density at radius 3 is 1.17 bits per heavy atom. The van der Waals surface area contributed by atoms with Crippen molar-refractivity contribution in [1.29, 1.82) is 0 Å². The smallest absolute Gasteiger partial charge is 0.306 e. The minimum Gasteiger partial charge on any atom is -0.462 e. The molecule has 0 aliphatic rings. The van der Waals surface area contributed by atoms with Gasteiger partial charge < -0.3 is 14.2 Å². The van der Waals surface area contributed by atoms with Crippen LogP contribution in [0.2, 0.25) is 0 Å². The molecule has 0 radical (unpaired) electrons. The molecule has 0 aromatic carbocycles. The van der Waals surface area contributed by atoms with E-state index in [9.17, 15) is 9.59 Å². The molecule has 0 spiro atoms. The first kappa shape index (κ1) is 55.9. The second-order valence-electron chi connectivity index (χ2n) is 16.7. The number of allylic oxidation sites excluding steroid dienone is 8. The molecule has 0 heterocycles. The van der Waals surface area contributed by atoms with Crippen LogP contribution in [0.5, 0.6) is 0 Å². The summed E-state index contributed by atoms with van der Waals surface area (Å²) in [6.07, 6.45) is 59.6. The van der Waals surface area contributed by atoms with Gasteiger partial charge in [0.2, 0.25) is 0 Å². The summed E-state index contributed by atoms with van der Waals surface area (Å²) in [4.78, 5) is 25.3. The molecule has 0 saturated carbocycles. The maximum Gasteiger partial charge on any atom is 0.306 e. The minimum atomic E-state index is -0.542. The highest BCUT2D eigenvalue weighted by Gasteiger charge is 2.17. The van der Waals surface area contributed by atoms with Crippen LogP contribution in [0.3, 0.4) is 0 Å². The predicted octanol–water partition coefficient (Wildman–Crippen LogP) is 16.8. The average Bonchev–Trinajstić information content (AvgIpc) is 3.22. The van der Waals surface area contributed by atoms with E-state index in [1.54, 1.807) is 0 Å². The monoisotopic (exact) mass is 813 g/mol. The molecular formula is C53H96O5. The van der Waals surface area contributed by atoms with Gasteiger partial charge in [-0.05, 0) is 83.5 Å². The summed E-state index contributed by atoms with van der Waals surface area (Å²) in [5, 5.41) is 0. The highest BCUT2D eigenvalue weighted by molar-refractivity contribution is 5.70. The Kier molecular flexibility index (Phi) is 47.4. The molecule has 5 nitrogen and oxygen atoms in total. The molecule has 0 aromatic heterocycles. The van der Waals surface area contributed by atoms with Gasteiger partial charge in [-0.15, -0.1) is 0 Å². The predicted molar refractivity (Wildman–Crippen MR) is 251 cm³/mol. The largest absolute Gasteiger partial charge is 0.462 e. The molecule has 1 atom stereocenters. The van der Waals surface area contributed by atoms with Gasteiger partial charge in [0, 0.05) is 19.4 Å². The number of carbonyl (C=O) groups is 2. The van der Waals surface area contributed by atoms with Crippen LogP contribution in [0.25, 0.3) is 0 Å². The first-order chi connectivity index (χ1) is 28.6. The van der Waals surface area contributed by atoms with E-state index in [-0.39, 0.29) is 25.2 Å². The number of hydrogen-bond acceptors (Lipinski definition) is 5. The third-order valence-corrected chi connectivity index (χ3v) is 10.8. The molecule has 0 bridgehead atoms. The lowest BCUT2D eigenvalue weighted by Crippen LogP contribution is -2.30. The Labute approximate surface area is 361 Å². The second-order valence-corrected chi connectivity index (χ2v) is 16.7. The van der Waals surface area contributed by atoms with Gasteiger partial charge in [-0.2, -0.15) is 0 Å². The molecule has 0 aliphatic heterocycles.